The van der Waals surface area contributed by atoms with E-state index < -0.39 is 0 Å². The van der Waals surface area contributed by atoms with E-state index in [0.29, 0.717) is 35.6 Å². The van der Waals surface area contributed by atoms with Crippen molar-refractivity contribution in [2.45, 2.75) is 6.92 Å². The molecular weight excluding hydrogens is 410 g/mol. The molecule has 0 radical (unpaired) electrons. The fourth-order valence-corrected chi connectivity index (χ4v) is 3.81. The maximum atomic E-state index is 12.9. The normalized spacial score (nSPS) is 11.1. The molecule has 0 spiro atoms. The molecule has 0 aliphatic heterocycles. The second-order valence-corrected chi connectivity index (χ2v) is 8.10. The summed E-state index contributed by atoms with van der Waals surface area (Å²) >= 11 is 7.37. The topological polar surface area (TPSA) is 54.9 Å². The van der Waals surface area contributed by atoms with Crippen LogP contribution in [0.3, 0.4) is 0 Å². The first-order valence-electron chi connectivity index (χ1n) is 9.33. The number of ether oxygens (including phenoxy) is 2. The van der Waals surface area contributed by atoms with Crippen LogP contribution in [-0.2, 0) is 4.79 Å². The Morgan fingerprint density at radius 1 is 1.07 bits per heavy atom. The molecule has 0 aliphatic carbocycles. The van der Waals surface area contributed by atoms with Gasteiger partial charge in [-0.25, -0.2) is 4.98 Å². The fourth-order valence-electron chi connectivity index (χ4n) is 2.65. The van der Waals surface area contributed by atoms with Crippen LogP contribution in [-0.4, -0.2) is 56.2 Å². The van der Waals surface area contributed by atoms with Crippen molar-refractivity contribution in [1.82, 2.24) is 9.88 Å². The first kappa shape index (κ1) is 21.4. The van der Waals surface area contributed by atoms with E-state index in [9.17, 15) is 4.79 Å². The summed E-state index contributed by atoms with van der Waals surface area (Å²) in [7, 11) is 3.94. The molecule has 0 N–H and O–H groups in total. The van der Waals surface area contributed by atoms with Crippen LogP contribution in [0.5, 0.6) is 11.5 Å². The van der Waals surface area contributed by atoms with Gasteiger partial charge in [0.1, 0.15) is 11.5 Å². The third-order valence-corrected chi connectivity index (χ3v) is 5.43. The quantitative estimate of drug-likeness (QED) is 0.503. The molecule has 0 fully saturated rings. The number of anilines is 1. The molecule has 0 bridgehead atoms. The van der Waals surface area contributed by atoms with Crippen LogP contribution in [0.4, 0.5) is 5.13 Å². The van der Waals surface area contributed by atoms with Crippen molar-refractivity contribution < 1.29 is 14.3 Å². The van der Waals surface area contributed by atoms with Crippen molar-refractivity contribution in [1.29, 1.82) is 0 Å². The molecule has 8 heteroatoms. The Labute approximate surface area is 179 Å². The Bertz CT molecular complexity index is 959. The summed E-state index contributed by atoms with van der Waals surface area (Å²) in [5.74, 6) is 1.25. The van der Waals surface area contributed by atoms with Gasteiger partial charge in [0.05, 0.1) is 16.8 Å². The van der Waals surface area contributed by atoms with Gasteiger partial charge in [-0.1, -0.05) is 22.9 Å². The highest BCUT2D eigenvalue weighted by Crippen LogP contribution is 2.31. The lowest BCUT2D eigenvalue weighted by atomic mass is 10.3. The largest absolute Gasteiger partial charge is 0.494 e. The zero-order valence-electron chi connectivity index (χ0n) is 16.7. The SMILES string of the molecule is CCOc1ccc2nc(N(CCN(C)C)C(=O)COc3ccc(Cl)cc3)sc2c1. The number of likely N-dealkylation sites (N-methyl/N-ethyl adjacent to an activating group) is 1. The second kappa shape index (κ2) is 9.91. The van der Waals surface area contributed by atoms with Crippen molar-refractivity contribution in [3.63, 3.8) is 0 Å². The predicted molar refractivity (Wildman–Crippen MR) is 119 cm³/mol. The number of rotatable bonds is 9. The summed E-state index contributed by atoms with van der Waals surface area (Å²) in [5.41, 5.74) is 0.842. The molecule has 1 heterocycles. The molecule has 1 aromatic heterocycles. The number of thiazole rings is 1. The van der Waals surface area contributed by atoms with Gasteiger partial charge < -0.3 is 14.4 Å². The molecule has 0 atom stereocenters. The molecule has 0 saturated carbocycles. The van der Waals surface area contributed by atoms with Crippen LogP contribution < -0.4 is 14.4 Å². The molecule has 29 heavy (non-hydrogen) atoms. The molecule has 0 saturated heterocycles. The first-order chi connectivity index (χ1) is 14.0. The fraction of sp³-hybridized carbons (Fsp3) is 0.333. The van der Waals surface area contributed by atoms with E-state index in [1.54, 1.807) is 29.2 Å². The highest BCUT2D eigenvalue weighted by molar-refractivity contribution is 7.22. The minimum Gasteiger partial charge on any atom is -0.494 e. The molecule has 2 aromatic carbocycles. The standard InChI is InChI=1S/C21H24ClN3O3S/c1-4-27-17-9-10-18-19(13-17)29-21(23-18)25(12-11-24(2)3)20(26)14-28-16-7-5-15(22)6-8-16/h5-10,13H,4,11-12,14H2,1-3H3. The number of nitrogens with zero attached hydrogens (tertiary/aromatic N) is 3. The van der Waals surface area contributed by atoms with E-state index in [2.05, 4.69) is 4.98 Å². The summed E-state index contributed by atoms with van der Waals surface area (Å²) in [4.78, 5) is 21.3. The van der Waals surface area contributed by atoms with Crippen molar-refractivity contribution in [3.05, 3.63) is 47.5 Å². The van der Waals surface area contributed by atoms with Crippen molar-refractivity contribution in [3.8, 4) is 11.5 Å². The Hall–Kier alpha value is -2.35. The molecule has 0 aliphatic rings. The Kier molecular flexibility index (Phi) is 7.30. The summed E-state index contributed by atoms with van der Waals surface area (Å²) in [6.45, 7) is 3.72. The van der Waals surface area contributed by atoms with Gasteiger partial charge in [-0.15, -0.1) is 0 Å². The molecule has 1 amide bonds. The number of hydrogen-bond acceptors (Lipinski definition) is 6. The lowest BCUT2D eigenvalue weighted by Crippen LogP contribution is -2.39. The van der Waals surface area contributed by atoms with Gasteiger partial charge in [-0.3, -0.25) is 9.69 Å². The Morgan fingerprint density at radius 3 is 2.48 bits per heavy atom. The summed E-state index contributed by atoms with van der Waals surface area (Å²) in [6, 6.07) is 12.7. The van der Waals surface area contributed by atoms with Gasteiger partial charge in [0.15, 0.2) is 11.7 Å². The van der Waals surface area contributed by atoms with Crippen LogP contribution >= 0.6 is 22.9 Å². The molecule has 6 nitrogen and oxygen atoms in total. The van der Waals surface area contributed by atoms with E-state index in [1.807, 2.05) is 44.1 Å². The van der Waals surface area contributed by atoms with E-state index in [0.717, 1.165) is 16.0 Å². The Balaban J connectivity index is 1.78. The molecule has 154 valence electrons. The van der Waals surface area contributed by atoms with Gasteiger partial charge in [-0.2, -0.15) is 0 Å². The number of carbonyl (C=O) groups excluding carboxylic acids is 1. The maximum absolute atomic E-state index is 12.9. The zero-order chi connectivity index (χ0) is 20.8. The zero-order valence-corrected chi connectivity index (χ0v) is 18.3. The van der Waals surface area contributed by atoms with Crippen molar-refractivity contribution in [2.24, 2.45) is 0 Å². The lowest BCUT2D eigenvalue weighted by Gasteiger charge is -2.22. The smallest absolute Gasteiger partial charge is 0.266 e. The van der Waals surface area contributed by atoms with Gasteiger partial charge in [0, 0.05) is 18.1 Å². The second-order valence-electron chi connectivity index (χ2n) is 6.65. The number of fused-ring (bicyclic) bond motifs is 1. The summed E-state index contributed by atoms with van der Waals surface area (Å²) < 4.78 is 12.2. The highest BCUT2D eigenvalue weighted by atomic mass is 35.5. The van der Waals surface area contributed by atoms with Gasteiger partial charge in [0.2, 0.25) is 0 Å². The highest BCUT2D eigenvalue weighted by Gasteiger charge is 2.20. The van der Waals surface area contributed by atoms with Gasteiger partial charge >= 0.3 is 0 Å². The number of halogens is 1. The molecule has 3 aromatic rings. The number of carbonyl (C=O) groups is 1. The number of benzene rings is 2. The van der Waals surface area contributed by atoms with Gasteiger partial charge in [-0.05, 0) is 63.5 Å². The van der Waals surface area contributed by atoms with Crippen LogP contribution in [0.15, 0.2) is 42.5 Å². The van der Waals surface area contributed by atoms with Crippen LogP contribution in [0, 0.1) is 0 Å². The van der Waals surface area contributed by atoms with E-state index in [4.69, 9.17) is 21.1 Å². The number of amides is 1. The minimum atomic E-state index is -0.147. The predicted octanol–water partition coefficient (Wildman–Crippen LogP) is 4.32. The molecule has 0 unspecified atom stereocenters. The van der Waals surface area contributed by atoms with E-state index in [-0.39, 0.29) is 12.5 Å². The Morgan fingerprint density at radius 2 is 1.79 bits per heavy atom. The van der Waals surface area contributed by atoms with E-state index in [1.165, 1.54) is 11.3 Å². The number of aromatic nitrogens is 1. The van der Waals surface area contributed by atoms with E-state index >= 15 is 0 Å². The van der Waals surface area contributed by atoms with Crippen molar-refractivity contribution in [2.75, 3.05) is 45.3 Å². The monoisotopic (exact) mass is 433 g/mol. The maximum Gasteiger partial charge on any atom is 0.266 e. The van der Waals surface area contributed by atoms with Gasteiger partial charge in [0.25, 0.3) is 5.91 Å². The average Bonchev–Trinajstić information content (AvgIpc) is 3.10. The molecule has 3 rings (SSSR count). The van der Waals surface area contributed by atoms with Crippen LogP contribution in [0.2, 0.25) is 5.02 Å². The summed E-state index contributed by atoms with van der Waals surface area (Å²) in [6.07, 6.45) is 0. The van der Waals surface area contributed by atoms with Crippen molar-refractivity contribution >= 4 is 44.2 Å². The van der Waals surface area contributed by atoms with Crippen LogP contribution in [0.25, 0.3) is 10.2 Å². The van der Waals surface area contributed by atoms with Crippen LogP contribution in [0.1, 0.15) is 6.92 Å². The third-order valence-electron chi connectivity index (χ3n) is 4.14. The molecular formula is C21H24ClN3O3S. The minimum absolute atomic E-state index is 0.0742. The summed E-state index contributed by atoms with van der Waals surface area (Å²) in [5, 5.41) is 1.28. The average molecular weight is 434 g/mol. The number of hydrogen-bond donors (Lipinski definition) is 0. The lowest BCUT2D eigenvalue weighted by molar-refractivity contribution is -0.120. The third kappa shape index (κ3) is 5.82. The first-order valence-corrected chi connectivity index (χ1v) is 10.5.